The van der Waals surface area contributed by atoms with Crippen LogP contribution in [0.3, 0.4) is 0 Å². The van der Waals surface area contributed by atoms with Gasteiger partial charge in [-0.2, -0.15) is 0 Å². The molecule has 1 aromatic carbocycles. The van der Waals surface area contributed by atoms with Gasteiger partial charge in [-0.05, 0) is 41.8 Å². The summed E-state index contributed by atoms with van der Waals surface area (Å²) in [5.74, 6) is -0.287. The van der Waals surface area contributed by atoms with Crippen molar-refractivity contribution in [3.8, 4) is 0 Å². The lowest BCUT2D eigenvalue weighted by atomic mass is 10.2. The summed E-state index contributed by atoms with van der Waals surface area (Å²) in [5.41, 5.74) is 1.40. The Balaban J connectivity index is 1.90. The molecule has 2 rings (SSSR count). The summed E-state index contributed by atoms with van der Waals surface area (Å²) in [4.78, 5) is 24.4. The lowest BCUT2D eigenvalue weighted by molar-refractivity contribution is -0.119. The van der Waals surface area contributed by atoms with Gasteiger partial charge in [-0.15, -0.1) is 11.3 Å². The molecule has 0 bridgehead atoms. The van der Waals surface area contributed by atoms with Gasteiger partial charge in [0.2, 0.25) is 11.8 Å². The van der Waals surface area contributed by atoms with Crippen LogP contribution < -0.4 is 10.6 Å². The second-order valence-corrected chi connectivity index (χ2v) is 6.04. The molecule has 0 saturated heterocycles. The standard InChI is InChI=1S/C17H18N2O2S/c1-12(2)17(21)19-14-7-5-13(6-8-14)18-16(20)10-9-15-4-3-11-22-15/h3-12H,1-2H3,(H,18,20)(H,19,21)/b10-9+. The quantitative estimate of drug-likeness (QED) is 0.820. The molecule has 2 amide bonds. The molecule has 0 fully saturated rings. The smallest absolute Gasteiger partial charge is 0.248 e. The SMILES string of the molecule is CC(C)C(=O)Nc1ccc(NC(=O)/C=C/c2cccs2)cc1. The third-order valence-electron chi connectivity index (χ3n) is 2.89. The maximum Gasteiger partial charge on any atom is 0.248 e. The third-order valence-corrected chi connectivity index (χ3v) is 3.72. The van der Waals surface area contributed by atoms with Crippen molar-refractivity contribution in [2.45, 2.75) is 13.8 Å². The topological polar surface area (TPSA) is 58.2 Å². The number of nitrogens with one attached hydrogen (secondary N) is 2. The zero-order valence-electron chi connectivity index (χ0n) is 12.5. The van der Waals surface area contributed by atoms with Crippen LogP contribution >= 0.6 is 11.3 Å². The van der Waals surface area contributed by atoms with E-state index in [-0.39, 0.29) is 17.7 Å². The molecule has 114 valence electrons. The molecular weight excluding hydrogens is 296 g/mol. The average molecular weight is 314 g/mol. The largest absolute Gasteiger partial charge is 0.326 e. The minimum Gasteiger partial charge on any atom is -0.326 e. The Morgan fingerprint density at radius 1 is 1.05 bits per heavy atom. The van der Waals surface area contributed by atoms with E-state index >= 15 is 0 Å². The van der Waals surface area contributed by atoms with Crippen molar-refractivity contribution in [2.24, 2.45) is 5.92 Å². The summed E-state index contributed by atoms with van der Waals surface area (Å²) in [6.07, 6.45) is 3.28. The predicted octanol–water partition coefficient (Wildman–Crippen LogP) is 3.99. The Labute approximate surface area is 133 Å². The number of amides is 2. The maximum absolute atomic E-state index is 11.8. The van der Waals surface area contributed by atoms with Crippen LogP contribution in [-0.2, 0) is 9.59 Å². The molecule has 22 heavy (non-hydrogen) atoms. The van der Waals surface area contributed by atoms with E-state index in [1.807, 2.05) is 31.4 Å². The lowest BCUT2D eigenvalue weighted by Gasteiger charge is -2.08. The Morgan fingerprint density at radius 2 is 1.68 bits per heavy atom. The van der Waals surface area contributed by atoms with Crippen LogP contribution in [0.2, 0.25) is 0 Å². The maximum atomic E-state index is 11.8. The molecule has 0 spiro atoms. The lowest BCUT2D eigenvalue weighted by Crippen LogP contribution is -2.17. The first kappa shape index (κ1) is 16.0. The Morgan fingerprint density at radius 3 is 2.23 bits per heavy atom. The fraction of sp³-hybridized carbons (Fsp3) is 0.176. The van der Waals surface area contributed by atoms with Gasteiger partial charge >= 0.3 is 0 Å². The van der Waals surface area contributed by atoms with Crippen molar-refractivity contribution in [1.29, 1.82) is 0 Å². The van der Waals surface area contributed by atoms with Crippen molar-refractivity contribution in [3.63, 3.8) is 0 Å². The van der Waals surface area contributed by atoms with E-state index in [9.17, 15) is 9.59 Å². The van der Waals surface area contributed by atoms with Crippen LogP contribution in [0.4, 0.5) is 11.4 Å². The average Bonchev–Trinajstić information content (AvgIpc) is 3.00. The second kappa shape index (κ2) is 7.56. The van der Waals surface area contributed by atoms with Gasteiger partial charge in [0.15, 0.2) is 0 Å². The van der Waals surface area contributed by atoms with Gasteiger partial charge in [0.05, 0.1) is 0 Å². The molecule has 0 aliphatic rings. The molecule has 2 N–H and O–H groups in total. The summed E-state index contributed by atoms with van der Waals surface area (Å²) in [7, 11) is 0. The van der Waals surface area contributed by atoms with Gasteiger partial charge in [0.25, 0.3) is 0 Å². The Kier molecular flexibility index (Phi) is 5.49. The van der Waals surface area contributed by atoms with E-state index in [0.29, 0.717) is 11.4 Å². The Hall–Kier alpha value is -2.40. The fourth-order valence-electron chi connectivity index (χ4n) is 1.65. The molecule has 1 aromatic heterocycles. The van der Waals surface area contributed by atoms with Crippen LogP contribution in [0, 0.1) is 5.92 Å². The van der Waals surface area contributed by atoms with Gasteiger partial charge in [-0.25, -0.2) is 0 Å². The van der Waals surface area contributed by atoms with E-state index in [2.05, 4.69) is 10.6 Å². The molecule has 0 atom stereocenters. The Bertz CT molecular complexity index is 658. The van der Waals surface area contributed by atoms with Crippen molar-refractivity contribution < 1.29 is 9.59 Å². The molecule has 0 radical (unpaired) electrons. The number of thiophene rings is 1. The first-order chi connectivity index (χ1) is 10.5. The highest BCUT2D eigenvalue weighted by atomic mass is 32.1. The summed E-state index contributed by atoms with van der Waals surface area (Å²) >= 11 is 1.57. The van der Waals surface area contributed by atoms with Crippen molar-refractivity contribution >= 4 is 40.6 Å². The summed E-state index contributed by atoms with van der Waals surface area (Å²) in [6.45, 7) is 3.67. The van der Waals surface area contributed by atoms with Gasteiger partial charge in [0.1, 0.15) is 0 Å². The van der Waals surface area contributed by atoms with E-state index in [4.69, 9.17) is 0 Å². The highest BCUT2D eigenvalue weighted by molar-refractivity contribution is 7.10. The molecule has 2 aromatic rings. The van der Waals surface area contributed by atoms with E-state index in [1.54, 1.807) is 41.7 Å². The summed E-state index contributed by atoms with van der Waals surface area (Å²) in [5, 5.41) is 7.54. The van der Waals surface area contributed by atoms with Crippen LogP contribution in [0.15, 0.2) is 47.9 Å². The number of benzene rings is 1. The fourth-order valence-corrected chi connectivity index (χ4v) is 2.27. The molecule has 0 aliphatic heterocycles. The first-order valence-electron chi connectivity index (χ1n) is 6.98. The number of anilines is 2. The van der Waals surface area contributed by atoms with Gasteiger partial charge in [-0.3, -0.25) is 9.59 Å². The minimum absolute atomic E-state index is 0.0318. The zero-order chi connectivity index (χ0) is 15.9. The van der Waals surface area contributed by atoms with E-state index < -0.39 is 0 Å². The second-order valence-electron chi connectivity index (χ2n) is 5.06. The highest BCUT2D eigenvalue weighted by Crippen LogP contribution is 2.15. The van der Waals surface area contributed by atoms with E-state index in [1.165, 1.54) is 6.08 Å². The number of hydrogen-bond donors (Lipinski definition) is 2. The molecule has 0 aliphatic carbocycles. The van der Waals surface area contributed by atoms with E-state index in [0.717, 1.165) is 4.88 Å². The van der Waals surface area contributed by atoms with Gasteiger partial charge in [0, 0.05) is 28.2 Å². The number of hydrogen-bond acceptors (Lipinski definition) is 3. The zero-order valence-corrected chi connectivity index (χ0v) is 13.3. The van der Waals surface area contributed by atoms with Crippen molar-refractivity contribution in [1.82, 2.24) is 0 Å². The van der Waals surface area contributed by atoms with Gasteiger partial charge < -0.3 is 10.6 Å². The number of carbonyl (C=O) groups excluding carboxylic acids is 2. The molecule has 0 unspecified atom stereocenters. The number of rotatable bonds is 5. The molecule has 4 nitrogen and oxygen atoms in total. The monoisotopic (exact) mass is 314 g/mol. The predicted molar refractivity (Wildman–Crippen MR) is 91.9 cm³/mol. The summed E-state index contributed by atoms with van der Waals surface area (Å²) in [6, 6.07) is 10.9. The van der Waals surface area contributed by atoms with Crippen molar-refractivity contribution in [3.05, 3.63) is 52.7 Å². The molecule has 5 heteroatoms. The molecule has 0 saturated carbocycles. The van der Waals surface area contributed by atoms with Gasteiger partial charge in [-0.1, -0.05) is 19.9 Å². The van der Waals surface area contributed by atoms with Crippen molar-refractivity contribution in [2.75, 3.05) is 10.6 Å². The molecular formula is C17H18N2O2S. The van der Waals surface area contributed by atoms with Crippen LogP contribution in [0.1, 0.15) is 18.7 Å². The first-order valence-corrected chi connectivity index (χ1v) is 7.86. The minimum atomic E-state index is -0.188. The highest BCUT2D eigenvalue weighted by Gasteiger charge is 2.06. The van der Waals surface area contributed by atoms with Crippen LogP contribution in [0.5, 0.6) is 0 Å². The number of carbonyl (C=O) groups is 2. The molecule has 1 heterocycles. The third kappa shape index (κ3) is 4.86. The summed E-state index contributed by atoms with van der Waals surface area (Å²) < 4.78 is 0. The van der Waals surface area contributed by atoms with Crippen LogP contribution in [-0.4, -0.2) is 11.8 Å². The normalized spacial score (nSPS) is 10.9. The van der Waals surface area contributed by atoms with Crippen LogP contribution in [0.25, 0.3) is 6.08 Å².